The molecule has 0 radical (unpaired) electrons. The molecular formula is C18H22FN5O. The molecule has 132 valence electrons. The molecule has 0 bridgehead atoms. The molecule has 1 N–H and O–H groups in total. The molecule has 0 aliphatic carbocycles. The van der Waals surface area contributed by atoms with Crippen molar-refractivity contribution in [2.75, 3.05) is 38.6 Å². The summed E-state index contributed by atoms with van der Waals surface area (Å²) in [6, 6.07) is 7.47. The van der Waals surface area contributed by atoms with Crippen LogP contribution in [0.3, 0.4) is 0 Å². The Kier molecular flexibility index (Phi) is 5.23. The summed E-state index contributed by atoms with van der Waals surface area (Å²) >= 11 is 0. The first-order valence-electron chi connectivity index (χ1n) is 8.26. The zero-order valence-corrected chi connectivity index (χ0v) is 14.4. The molecule has 7 heteroatoms. The molecule has 1 aromatic heterocycles. The summed E-state index contributed by atoms with van der Waals surface area (Å²) in [5.74, 6) is 0.220. The Balaban J connectivity index is 1.74. The van der Waals surface area contributed by atoms with Gasteiger partial charge in [-0.05, 0) is 38.4 Å². The van der Waals surface area contributed by atoms with Gasteiger partial charge in [-0.25, -0.2) is 14.4 Å². The minimum atomic E-state index is -0.414. The highest BCUT2D eigenvalue weighted by atomic mass is 19.1. The fourth-order valence-corrected chi connectivity index (χ4v) is 3.19. The van der Waals surface area contributed by atoms with Crippen LogP contribution in [0.5, 0.6) is 0 Å². The molecule has 3 rings (SSSR count). The van der Waals surface area contributed by atoms with Gasteiger partial charge in [-0.3, -0.25) is 4.79 Å². The lowest BCUT2D eigenvalue weighted by atomic mass is 10.0. The molecule has 1 saturated heterocycles. The molecule has 0 unspecified atom stereocenters. The Morgan fingerprint density at radius 2 is 2.04 bits per heavy atom. The van der Waals surface area contributed by atoms with Gasteiger partial charge in [-0.1, -0.05) is 6.07 Å². The molecule has 2 heterocycles. The molecule has 0 saturated carbocycles. The number of hydrogen-bond acceptors (Lipinski definition) is 5. The van der Waals surface area contributed by atoms with E-state index in [9.17, 15) is 9.18 Å². The molecule has 2 atom stereocenters. The van der Waals surface area contributed by atoms with Crippen LogP contribution in [0.2, 0.25) is 0 Å². The van der Waals surface area contributed by atoms with Crippen LogP contribution in [-0.2, 0) is 0 Å². The van der Waals surface area contributed by atoms with Crippen molar-refractivity contribution < 1.29 is 9.18 Å². The summed E-state index contributed by atoms with van der Waals surface area (Å²) in [5, 5.41) is 3.05. The van der Waals surface area contributed by atoms with E-state index in [-0.39, 0.29) is 17.9 Å². The third kappa shape index (κ3) is 4.30. The molecule has 2 aromatic rings. The molecule has 1 amide bonds. The molecule has 1 aliphatic heterocycles. The van der Waals surface area contributed by atoms with Gasteiger partial charge in [-0.2, -0.15) is 0 Å². The largest absolute Gasteiger partial charge is 0.347 e. The van der Waals surface area contributed by atoms with Gasteiger partial charge in [0.2, 0.25) is 5.95 Å². The van der Waals surface area contributed by atoms with Crippen LogP contribution in [0.15, 0.2) is 42.7 Å². The zero-order chi connectivity index (χ0) is 17.8. The number of rotatable bonds is 5. The van der Waals surface area contributed by atoms with Crippen molar-refractivity contribution in [2.45, 2.75) is 6.04 Å². The van der Waals surface area contributed by atoms with E-state index >= 15 is 0 Å². The first-order valence-corrected chi connectivity index (χ1v) is 8.26. The van der Waals surface area contributed by atoms with Crippen LogP contribution in [-0.4, -0.2) is 60.5 Å². The number of nitrogens with zero attached hydrogens (tertiary/aromatic N) is 4. The standard InChI is InChI=1S/C18H22FN5O/c1-23(2)10-14-11-24(18-20-7-4-8-21-18)12-16(14)22-17(25)13-5-3-6-15(19)9-13/h3-9,14,16H,10-12H2,1-2H3,(H,22,25)/t14-,16-/m1/s1. The number of carbonyl (C=O) groups excluding carboxylic acids is 1. The van der Waals surface area contributed by atoms with E-state index in [1.807, 2.05) is 14.1 Å². The summed E-state index contributed by atoms with van der Waals surface area (Å²) in [7, 11) is 4.01. The van der Waals surface area contributed by atoms with Gasteiger partial charge in [0.25, 0.3) is 5.91 Å². The predicted octanol–water partition coefficient (Wildman–Crippen LogP) is 1.41. The number of carbonyl (C=O) groups is 1. The number of benzene rings is 1. The lowest BCUT2D eigenvalue weighted by molar-refractivity contribution is 0.0927. The van der Waals surface area contributed by atoms with Gasteiger partial charge in [0.05, 0.1) is 6.04 Å². The highest BCUT2D eigenvalue weighted by Crippen LogP contribution is 2.22. The quantitative estimate of drug-likeness (QED) is 0.889. The summed E-state index contributed by atoms with van der Waals surface area (Å²) in [4.78, 5) is 25.3. The van der Waals surface area contributed by atoms with Gasteiger partial charge in [0, 0.05) is 43.5 Å². The maximum atomic E-state index is 13.4. The van der Waals surface area contributed by atoms with Crippen molar-refractivity contribution in [1.29, 1.82) is 0 Å². The summed E-state index contributed by atoms with van der Waals surface area (Å²) in [5.41, 5.74) is 0.331. The maximum Gasteiger partial charge on any atom is 0.251 e. The van der Waals surface area contributed by atoms with Gasteiger partial charge >= 0.3 is 0 Å². The smallest absolute Gasteiger partial charge is 0.251 e. The number of nitrogens with one attached hydrogen (secondary N) is 1. The van der Waals surface area contributed by atoms with Crippen LogP contribution < -0.4 is 10.2 Å². The summed E-state index contributed by atoms with van der Waals surface area (Å²) < 4.78 is 13.4. The molecule has 0 spiro atoms. The maximum absolute atomic E-state index is 13.4. The minimum Gasteiger partial charge on any atom is -0.347 e. The van der Waals surface area contributed by atoms with Gasteiger partial charge < -0.3 is 15.1 Å². The molecule has 25 heavy (non-hydrogen) atoms. The molecule has 6 nitrogen and oxygen atoms in total. The predicted molar refractivity (Wildman–Crippen MR) is 93.9 cm³/mol. The van der Waals surface area contributed by atoms with E-state index < -0.39 is 5.82 Å². The lowest BCUT2D eigenvalue weighted by Gasteiger charge is -2.22. The molecule has 1 aromatic carbocycles. The van der Waals surface area contributed by atoms with Crippen molar-refractivity contribution in [2.24, 2.45) is 5.92 Å². The van der Waals surface area contributed by atoms with E-state index in [0.29, 0.717) is 18.1 Å². The van der Waals surface area contributed by atoms with E-state index in [0.717, 1.165) is 13.1 Å². The second-order valence-corrected chi connectivity index (χ2v) is 6.57. The minimum absolute atomic E-state index is 0.0537. The average molecular weight is 343 g/mol. The number of anilines is 1. The summed E-state index contributed by atoms with van der Waals surface area (Å²) in [6.07, 6.45) is 3.42. The Hall–Kier alpha value is -2.54. The van der Waals surface area contributed by atoms with Gasteiger partial charge in [-0.15, -0.1) is 0 Å². The fraction of sp³-hybridized carbons (Fsp3) is 0.389. The van der Waals surface area contributed by atoms with E-state index in [1.165, 1.54) is 12.1 Å². The van der Waals surface area contributed by atoms with Gasteiger partial charge in [0.1, 0.15) is 5.82 Å². The van der Waals surface area contributed by atoms with Crippen LogP contribution in [0, 0.1) is 11.7 Å². The Labute approximate surface area is 146 Å². The van der Waals surface area contributed by atoms with E-state index in [4.69, 9.17) is 0 Å². The van der Waals surface area contributed by atoms with Gasteiger partial charge in [0.15, 0.2) is 0 Å². The van der Waals surface area contributed by atoms with Crippen LogP contribution in [0.25, 0.3) is 0 Å². The van der Waals surface area contributed by atoms with Crippen molar-refractivity contribution >= 4 is 11.9 Å². The highest BCUT2D eigenvalue weighted by molar-refractivity contribution is 5.94. The molecular weight excluding hydrogens is 321 g/mol. The van der Waals surface area contributed by atoms with Crippen molar-refractivity contribution in [3.8, 4) is 0 Å². The first kappa shape index (κ1) is 17.3. The first-order chi connectivity index (χ1) is 12.0. The third-order valence-corrected chi connectivity index (χ3v) is 4.28. The average Bonchev–Trinajstić information content (AvgIpc) is 2.97. The SMILES string of the molecule is CN(C)C[C@@H]1CN(c2ncccn2)C[C@H]1NC(=O)c1cccc(F)c1. The van der Waals surface area contributed by atoms with Crippen LogP contribution in [0.1, 0.15) is 10.4 Å². The second-order valence-electron chi connectivity index (χ2n) is 6.57. The second kappa shape index (κ2) is 7.57. The molecule has 1 aliphatic rings. The Morgan fingerprint density at radius 1 is 1.28 bits per heavy atom. The van der Waals surface area contributed by atoms with Crippen molar-refractivity contribution in [3.63, 3.8) is 0 Å². The van der Waals surface area contributed by atoms with Crippen molar-refractivity contribution in [3.05, 3.63) is 54.1 Å². The number of amides is 1. The van der Waals surface area contributed by atoms with Crippen molar-refractivity contribution in [1.82, 2.24) is 20.2 Å². The number of hydrogen-bond donors (Lipinski definition) is 1. The fourth-order valence-electron chi connectivity index (χ4n) is 3.19. The third-order valence-electron chi connectivity index (χ3n) is 4.28. The van der Waals surface area contributed by atoms with Crippen LogP contribution >= 0.6 is 0 Å². The zero-order valence-electron chi connectivity index (χ0n) is 14.4. The highest BCUT2D eigenvalue weighted by Gasteiger charge is 2.35. The monoisotopic (exact) mass is 343 g/mol. The number of halogens is 1. The van der Waals surface area contributed by atoms with E-state index in [1.54, 1.807) is 30.6 Å². The number of aromatic nitrogens is 2. The normalized spacial score (nSPS) is 20.1. The Morgan fingerprint density at radius 3 is 2.72 bits per heavy atom. The molecule has 1 fully saturated rings. The summed E-state index contributed by atoms with van der Waals surface area (Å²) in [6.45, 7) is 2.22. The van der Waals surface area contributed by atoms with E-state index in [2.05, 4.69) is 25.1 Å². The topological polar surface area (TPSA) is 61.4 Å². The lowest BCUT2D eigenvalue weighted by Crippen LogP contribution is -2.43. The Bertz CT molecular complexity index is 724. The van der Waals surface area contributed by atoms with Crippen LogP contribution in [0.4, 0.5) is 10.3 Å².